The highest BCUT2D eigenvalue weighted by Crippen LogP contribution is 2.40. The molecule has 3 aromatic carbocycles. The lowest BCUT2D eigenvalue weighted by Gasteiger charge is -2.30. The topological polar surface area (TPSA) is 102 Å². The van der Waals surface area contributed by atoms with Crippen LogP contribution in [0.15, 0.2) is 78.9 Å². The molecule has 1 aliphatic carbocycles. The van der Waals surface area contributed by atoms with Gasteiger partial charge < -0.3 is 24.4 Å². The Balaban J connectivity index is 1.63. The molecule has 1 fully saturated rings. The lowest BCUT2D eigenvalue weighted by atomic mass is 9.77. The Morgan fingerprint density at radius 3 is 1.75 bits per heavy atom. The van der Waals surface area contributed by atoms with Crippen LogP contribution < -0.4 is 4.74 Å². The summed E-state index contributed by atoms with van der Waals surface area (Å²) in [5.41, 5.74) is 9.41. The maximum atomic E-state index is 12.2. The molecule has 0 amide bonds. The van der Waals surface area contributed by atoms with Crippen molar-refractivity contribution in [1.82, 2.24) is 0 Å². The van der Waals surface area contributed by atoms with Gasteiger partial charge in [0.1, 0.15) is 5.75 Å². The summed E-state index contributed by atoms with van der Waals surface area (Å²) >= 11 is 0. The van der Waals surface area contributed by atoms with Gasteiger partial charge in [-0.3, -0.25) is 0 Å². The Kier molecular flexibility index (Phi) is 20.8. The van der Waals surface area contributed by atoms with Crippen LogP contribution in [-0.2, 0) is 38.3 Å². The van der Waals surface area contributed by atoms with E-state index in [-0.39, 0.29) is 26.4 Å². The van der Waals surface area contributed by atoms with E-state index in [1.54, 1.807) is 13.8 Å². The molecular weight excluding hydrogens is 761 g/mol. The zero-order valence-electron chi connectivity index (χ0n) is 38.3. The molecule has 7 heteroatoms. The van der Waals surface area contributed by atoms with E-state index in [2.05, 4.69) is 81.6 Å². The average Bonchev–Trinajstić information content (AvgIpc) is 3.28. The van der Waals surface area contributed by atoms with Crippen molar-refractivity contribution in [3.63, 3.8) is 0 Å². The highest BCUT2D eigenvalue weighted by molar-refractivity contribution is 5.87. The molecule has 334 valence electrons. The number of rotatable bonds is 27. The van der Waals surface area contributed by atoms with Gasteiger partial charge in [-0.15, -0.1) is 0 Å². The monoisotopic (exact) mass is 837 g/mol. The van der Waals surface area contributed by atoms with Gasteiger partial charge in [0, 0.05) is 16.6 Å². The van der Waals surface area contributed by atoms with Gasteiger partial charge in [0.15, 0.2) is 0 Å². The summed E-state index contributed by atoms with van der Waals surface area (Å²) in [5.74, 6) is 1.49. The normalized spacial score (nSPS) is 15.3. The third-order valence-corrected chi connectivity index (χ3v) is 12.7. The summed E-state index contributed by atoms with van der Waals surface area (Å²) in [6.07, 6.45) is 17.4. The molecule has 0 atom stereocenters. The van der Waals surface area contributed by atoms with E-state index >= 15 is 0 Å². The minimum absolute atomic E-state index is 0.123. The Hall–Kier alpha value is -4.20. The van der Waals surface area contributed by atoms with Gasteiger partial charge in [0.2, 0.25) is 0 Å². The second kappa shape index (κ2) is 25.7. The molecule has 0 bridgehead atoms. The van der Waals surface area contributed by atoms with Crippen LogP contribution in [0, 0.1) is 11.3 Å². The van der Waals surface area contributed by atoms with Crippen molar-refractivity contribution in [2.45, 2.75) is 150 Å². The van der Waals surface area contributed by atoms with Crippen molar-refractivity contribution in [3.05, 3.63) is 101 Å². The smallest absolute Gasteiger partial charge is 0.333 e. The molecule has 0 radical (unpaired) electrons. The Morgan fingerprint density at radius 1 is 0.656 bits per heavy atom. The van der Waals surface area contributed by atoms with E-state index in [0.29, 0.717) is 62.2 Å². The van der Waals surface area contributed by atoms with Crippen molar-refractivity contribution in [3.8, 4) is 28.0 Å². The van der Waals surface area contributed by atoms with Crippen molar-refractivity contribution in [2.75, 3.05) is 33.0 Å². The summed E-state index contributed by atoms with van der Waals surface area (Å²) in [6, 6.07) is 20.5. The molecule has 1 saturated carbocycles. The first-order valence-corrected chi connectivity index (χ1v) is 23.4. The molecule has 3 aromatic rings. The molecule has 1 aliphatic rings. The quantitative estimate of drug-likeness (QED) is 0.0448. The summed E-state index contributed by atoms with van der Waals surface area (Å²) in [7, 11) is 0. The van der Waals surface area contributed by atoms with Crippen LogP contribution in [0.5, 0.6) is 5.75 Å². The Morgan fingerprint density at radius 2 is 1.23 bits per heavy atom. The number of carbonyl (C=O) groups is 2. The fourth-order valence-electron chi connectivity index (χ4n) is 8.90. The van der Waals surface area contributed by atoms with Gasteiger partial charge in [-0.1, -0.05) is 115 Å². The van der Waals surface area contributed by atoms with Crippen LogP contribution in [0.2, 0.25) is 0 Å². The van der Waals surface area contributed by atoms with Crippen molar-refractivity contribution in [2.24, 2.45) is 11.3 Å². The van der Waals surface area contributed by atoms with Gasteiger partial charge in [-0.05, 0) is 153 Å². The highest BCUT2D eigenvalue weighted by atomic mass is 16.5. The van der Waals surface area contributed by atoms with Gasteiger partial charge in [0.05, 0.1) is 33.0 Å². The van der Waals surface area contributed by atoms with E-state index in [0.717, 1.165) is 46.8 Å². The molecule has 0 heterocycles. The molecular formula is C54H76O7. The number of unbranched alkanes of at least 4 members (excludes halogenated alkanes) is 3. The fourth-order valence-corrected chi connectivity index (χ4v) is 8.90. The molecule has 4 rings (SSSR count). The van der Waals surface area contributed by atoms with Crippen LogP contribution >= 0.6 is 0 Å². The minimum atomic E-state index is -0.632. The number of aliphatic hydroxyl groups excluding tert-OH is 2. The number of hydrogen-bond donors (Lipinski definition) is 2. The van der Waals surface area contributed by atoms with Crippen LogP contribution in [0.4, 0.5) is 0 Å². The lowest BCUT2D eigenvalue weighted by Crippen LogP contribution is -2.31. The van der Waals surface area contributed by atoms with E-state index in [1.807, 2.05) is 6.92 Å². The van der Waals surface area contributed by atoms with Crippen LogP contribution in [0.25, 0.3) is 22.3 Å². The number of esters is 2. The van der Waals surface area contributed by atoms with E-state index < -0.39 is 17.4 Å². The highest BCUT2D eigenvalue weighted by Gasteiger charge is 2.28. The predicted molar refractivity (Wildman–Crippen MR) is 250 cm³/mol. The molecule has 0 saturated heterocycles. The number of aliphatic hydroxyl groups is 2. The Labute approximate surface area is 368 Å². The number of aryl methyl sites for hydroxylation is 3. The van der Waals surface area contributed by atoms with Crippen LogP contribution in [0.3, 0.4) is 0 Å². The van der Waals surface area contributed by atoms with Crippen LogP contribution in [0.1, 0.15) is 153 Å². The number of carbonyl (C=O) groups excluding carboxylic acids is 2. The lowest BCUT2D eigenvalue weighted by molar-refractivity contribution is -0.139. The molecule has 0 spiro atoms. The van der Waals surface area contributed by atoms with Crippen LogP contribution in [-0.4, -0.2) is 55.2 Å². The SMILES string of the molecule is C=C(C)C(=O)OCCCc1cc(-c2ccc(-c3ccc(C4CCC(CCCCCC)CC4)cc3)cc2CC)cc(CCCOC(=O)C(=C)C)c1OCCC(CO)(CO)CCC. The molecule has 0 aliphatic heterocycles. The molecule has 7 nitrogen and oxygen atoms in total. The molecule has 0 unspecified atom stereocenters. The van der Waals surface area contributed by atoms with Gasteiger partial charge >= 0.3 is 11.9 Å². The first-order chi connectivity index (χ1) is 29.5. The number of ether oxygens (including phenoxy) is 3. The van der Waals surface area contributed by atoms with Crippen molar-refractivity contribution < 1.29 is 34.0 Å². The third kappa shape index (κ3) is 15.0. The van der Waals surface area contributed by atoms with Gasteiger partial charge in [-0.2, -0.15) is 0 Å². The maximum absolute atomic E-state index is 12.2. The first kappa shape index (κ1) is 49.5. The first-order valence-electron chi connectivity index (χ1n) is 23.4. The van der Waals surface area contributed by atoms with E-state index in [1.165, 1.54) is 80.0 Å². The summed E-state index contributed by atoms with van der Waals surface area (Å²) in [5, 5.41) is 20.5. The number of hydrogen-bond acceptors (Lipinski definition) is 7. The van der Waals surface area contributed by atoms with Crippen molar-refractivity contribution >= 4 is 11.9 Å². The van der Waals surface area contributed by atoms with E-state index in [9.17, 15) is 19.8 Å². The molecule has 61 heavy (non-hydrogen) atoms. The third-order valence-electron chi connectivity index (χ3n) is 12.7. The van der Waals surface area contributed by atoms with Gasteiger partial charge in [0.25, 0.3) is 0 Å². The average molecular weight is 837 g/mol. The summed E-state index contributed by atoms with van der Waals surface area (Å²) in [4.78, 5) is 24.4. The fraction of sp³-hybridized carbons (Fsp3) is 0.556. The zero-order valence-corrected chi connectivity index (χ0v) is 38.3. The number of benzene rings is 3. The second-order valence-electron chi connectivity index (χ2n) is 17.7. The second-order valence-corrected chi connectivity index (χ2v) is 17.7. The summed E-state index contributed by atoms with van der Waals surface area (Å²) < 4.78 is 17.6. The van der Waals surface area contributed by atoms with Crippen molar-refractivity contribution in [1.29, 1.82) is 0 Å². The standard InChI is InChI=1S/C54H76O7/c1-8-11-12-13-16-41-19-21-43(22-20-41)44-23-25-45(26-24-44)46-27-28-50(42(10-3)34-46)49-35-47(17-14-31-60-52(57)39(4)5)51(59-33-30-54(37-55,38-56)29-9-2)48(36-49)18-15-32-61-53(58)40(6)7/h23-28,34-36,41,43,55-56H,4,6,8-22,29-33,37-38H2,1-3,5,7H3. The Bertz CT molecular complexity index is 1790. The largest absolute Gasteiger partial charge is 0.493 e. The zero-order chi connectivity index (χ0) is 44.2. The molecule has 2 N–H and O–H groups in total. The molecule has 0 aromatic heterocycles. The van der Waals surface area contributed by atoms with E-state index in [4.69, 9.17) is 14.2 Å². The maximum Gasteiger partial charge on any atom is 0.333 e. The van der Waals surface area contributed by atoms with Gasteiger partial charge in [-0.25, -0.2) is 9.59 Å². The predicted octanol–water partition coefficient (Wildman–Crippen LogP) is 12.5. The summed E-state index contributed by atoms with van der Waals surface area (Å²) in [6.45, 7) is 17.8. The minimum Gasteiger partial charge on any atom is -0.493 e.